The van der Waals surface area contributed by atoms with Crippen molar-refractivity contribution in [3.8, 4) is 23.0 Å². The average Bonchev–Trinajstić information content (AvgIpc) is 2.85. The van der Waals surface area contributed by atoms with E-state index in [4.69, 9.17) is 9.47 Å². The maximum atomic E-state index is 12.5. The molecule has 0 bridgehead atoms. The minimum atomic E-state index is -0.217. The van der Waals surface area contributed by atoms with Gasteiger partial charge in [-0.1, -0.05) is 6.07 Å². The standard InChI is InChI=1S/C18H16O5/c1-22-16-8-11-7-12(18(21)13(11)9-17(16)23-2)5-10-3-4-14(19)15(20)6-10/h3-6,8-9,19-20H,7H2,1-2H3. The topological polar surface area (TPSA) is 76.0 Å². The average molecular weight is 312 g/mol. The van der Waals surface area contributed by atoms with Crippen molar-refractivity contribution in [3.63, 3.8) is 0 Å². The van der Waals surface area contributed by atoms with E-state index < -0.39 is 0 Å². The zero-order valence-corrected chi connectivity index (χ0v) is 12.8. The number of carbonyl (C=O) groups is 1. The van der Waals surface area contributed by atoms with Crippen molar-refractivity contribution >= 4 is 11.9 Å². The zero-order valence-electron chi connectivity index (χ0n) is 12.8. The van der Waals surface area contributed by atoms with Crippen LogP contribution in [0.4, 0.5) is 0 Å². The Kier molecular flexibility index (Phi) is 3.70. The number of methoxy groups -OCH3 is 2. The highest BCUT2D eigenvalue weighted by Gasteiger charge is 2.27. The molecule has 0 aromatic heterocycles. The van der Waals surface area contributed by atoms with E-state index in [-0.39, 0.29) is 17.3 Å². The molecular weight excluding hydrogens is 296 g/mol. The van der Waals surface area contributed by atoms with E-state index in [0.29, 0.717) is 34.6 Å². The summed E-state index contributed by atoms with van der Waals surface area (Å²) in [5.41, 5.74) is 2.73. The smallest absolute Gasteiger partial charge is 0.189 e. The summed E-state index contributed by atoms with van der Waals surface area (Å²) < 4.78 is 10.5. The fraction of sp³-hybridized carbons (Fsp3) is 0.167. The van der Waals surface area contributed by atoms with Crippen LogP contribution >= 0.6 is 0 Å². The van der Waals surface area contributed by atoms with E-state index in [1.807, 2.05) is 0 Å². The summed E-state index contributed by atoms with van der Waals surface area (Å²) in [4.78, 5) is 12.5. The first-order valence-electron chi connectivity index (χ1n) is 7.05. The number of phenols is 2. The number of Topliss-reactive ketones (excluding diaryl/α,β-unsaturated/α-hetero) is 1. The lowest BCUT2D eigenvalue weighted by Crippen LogP contribution is -1.97. The summed E-state index contributed by atoms with van der Waals surface area (Å²) in [5, 5.41) is 18.9. The minimum absolute atomic E-state index is 0.0754. The van der Waals surface area contributed by atoms with Crippen molar-refractivity contribution in [2.24, 2.45) is 0 Å². The predicted octanol–water partition coefficient (Wildman–Crippen LogP) is 2.94. The summed E-state index contributed by atoms with van der Waals surface area (Å²) in [6.07, 6.45) is 2.19. The van der Waals surface area contributed by atoms with E-state index >= 15 is 0 Å². The van der Waals surface area contributed by atoms with Gasteiger partial charge in [0.25, 0.3) is 0 Å². The quantitative estimate of drug-likeness (QED) is 0.673. The first kappa shape index (κ1) is 15.0. The number of carbonyl (C=O) groups excluding carboxylic acids is 1. The van der Waals surface area contributed by atoms with E-state index in [1.54, 1.807) is 31.4 Å². The molecule has 0 saturated heterocycles. The van der Waals surface area contributed by atoms with Crippen LogP contribution in [0.5, 0.6) is 23.0 Å². The second kappa shape index (κ2) is 5.68. The molecule has 0 fully saturated rings. The third-order valence-corrected chi connectivity index (χ3v) is 3.87. The van der Waals surface area contributed by atoms with Crippen molar-refractivity contribution in [3.05, 3.63) is 52.6 Å². The maximum absolute atomic E-state index is 12.5. The van der Waals surface area contributed by atoms with Crippen molar-refractivity contribution in [2.75, 3.05) is 14.2 Å². The molecule has 2 aromatic rings. The van der Waals surface area contributed by atoms with Crippen LogP contribution in [0.15, 0.2) is 35.9 Å². The van der Waals surface area contributed by atoms with Gasteiger partial charge in [-0.3, -0.25) is 4.79 Å². The number of hydrogen-bond acceptors (Lipinski definition) is 5. The molecule has 2 aromatic carbocycles. The van der Waals surface area contributed by atoms with E-state index in [0.717, 1.165) is 5.56 Å². The van der Waals surface area contributed by atoms with Gasteiger partial charge in [-0.15, -0.1) is 0 Å². The Bertz CT molecular complexity index is 820. The number of fused-ring (bicyclic) bond motifs is 1. The lowest BCUT2D eigenvalue weighted by atomic mass is 10.1. The van der Waals surface area contributed by atoms with Crippen LogP contribution in [0.3, 0.4) is 0 Å². The van der Waals surface area contributed by atoms with Crippen LogP contribution in [0.2, 0.25) is 0 Å². The monoisotopic (exact) mass is 312 g/mol. The molecule has 0 amide bonds. The molecule has 0 spiro atoms. The molecule has 23 heavy (non-hydrogen) atoms. The van der Waals surface area contributed by atoms with E-state index in [1.165, 1.54) is 19.2 Å². The summed E-state index contributed by atoms with van der Waals surface area (Å²) in [5.74, 6) is 0.618. The number of rotatable bonds is 3. The third-order valence-electron chi connectivity index (χ3n) is 3.87. The Morgan fingerprint density at radius 3 is 2.35 bits per heavy atom. The molecule has 0 aliphatic heterocycles. The van der Waals surface area contributed by atoms with Gasteiger partial charge < -0.3 is 19.7 Å². The normalized spacial score (nSPS) is 14.9. The molecule has 1 aliphatic carbocycles. The van der Waals surface area contributed by atoms with Gasteiger partial charge in [-0.05, 0) is 41.5 Å². The first-order valence-corrected chi connectivity index (χ1v) is 7.05. The van der Waals surface area contributed by atoms with Crippen molar-refractivity contribution in [1.29, 1.82) is 0 Å². The van der Waals surface area contributed by atoms with Crippen molar-refractivity contribution < 1.29 is 24.5 Å². The number of phenolic OH excluding ortho intramolecular Hbond substituents is 2. The zero-order chi connectivity index (χ0) is 16.6. The molecule has 5 nitrogen and oxygen atoms in total. The molecule has 1 aliphatic rings. The van der Waals surface area contributed by atoms with Gasteiger partial charge in [0.05, 0.1) is 14.2 Å². The van der Waals surface area contributed by atoms with Crippen LogP contribution in [0.25, 0.3) is 6.08 Å². The van der Waals surface area contributed by atoms with E-state index in [2.05, 4.69) is 0 Å². The highest BCUT2D eigenvalue weighted by molar-refractivity contribution is 6.16. The molecule has 2 N–H and O–H groups in total. The van der Waals surface area contributed by atoms with Crippen LogP contribution in [0.1, 0.15) is 21.5 Å². The molecular formula is C18H16O5. The van der Waals surface area contributed by atoms with Gasteiger partial charge in [-0.25, -0.2) is 0 Å². The fourth-order valence-corrected chi connectivity index (χ4v) is 2.69. The number of allylic oxidation sites excluding steroid dienone is 1. The van der Waals surface area contributed by atoms with Crippen molar-refractivity contribution in [1.82, 2.24) is 0 Å². The molecule has 0 radical (unpaired) electrons. The Morgan fingerprint density at radius 1 is 1.00 bits per heavy atom. The second-order valence-electron chi connectivity index (χ2n) is 5.29. The number of hydrogen-bond donors (Lipinski definition) is 2. The molecule has 0 heterocycles. The van der Waals surface area contributed by atoms with Gasteiger partial charge in [0.1, 0.15) is 0 Å². The first-order chi connectivity index (χ1) is 11.0. The van der Waals surface area contributed by atoms with Gasteiger partial charge in [0.2, 0.25) is 0 Å². The van der Waals surface area contributed by atoms with Gasteiger partial charge >= 0.3 is 0 Å². The molecule has 118 valence electrons. The summed E-state index contributed by atoms with van der Waals surface area (Å²) in [7, 11) is 3.08. The Labute approximate surface area is 133 Å². The van der Waals surface area contributed by atoms with Crippen LogP contribution in [-0.4, -0.2) is 30.2 Å². The molecule has 0 unspecified atom stereocenters. The Hall–Kier alpha value is -2.95. The largest absolute Gasteiger partial charge is 0.504 e. The highest BCUT2D eigenvalue weighted by Crippen LogP contribution is 2.37. The SMILES string of the molecule is COc1cc2c(cc1OC)C(=O)C(=Cc1ccc(O)c(O)c1)C2. The summed E-state index contributed by atoms with van der Waals surface area (Å²) in [6.45, 7) is 0. The van der Waals surface area contributed by atoms with E-state index in [9.17, 15) is 15.0 Å². The molecule has 5 heteroatoms. The van der Waals surface area contributed by atoms with Crippen LogP contribution in [-0.2, 0) is 6.42 Å². The minimum Gasteiger partial charge on any atom is -0.504 e. The summed E-state index contributed by atoms with van der Waals surface area (Å²) >= 11 is 0. The van der Waals surface area contributed by atoms with Gasteiger partial charge in [-0.2, -0.15) is 0 Å². The fourth-order valence-electron chi connectivity index (χ4n) is 2.69. The Balaban J connectivity index is 1.99. The number of benzene rings is 2. The second-order valence-corrected chi connectivity index (χ2v) is 5.29. The highest BCUT2D eigenvalue weighted by atomic mass is 16.5. The number of ketones is 1. The lowest BCUT2D eigenvalue weighted by Gasteiger charge is -2.08. The van der Waals surface area contributed by atoms with Gasteiger partial charge in [0.15, 0.2) is 28.8 Å². The third kappa shape index (κ3) is 2.61. The number of ether oxygens (including phenoxy) is 2. The molecule has 0 atom stereocenters. The van der Waals surface area contributed by atoms with Crippen LogP contribution in [0, 0.1) is 0 Å². The molecule has 3 rings (SSSR count). The molecule has 0 saturated carbocycles. The Morgan fingerprint density at radius 2 is 1.70 bits per heavy atom. The maximum Gasteiger partial charge on any atom is 0.189 e. The lowest BCUT2D eigenvalue weighted by molar-refractivity contribution is 0.104. The predicted molar refractivity (Wildman–Crippen MR) is 85.3 cm³/mol. The van der Waals surface area contributed by atoms with Crippen molar-refractivity contribution in [2.45, 2.75) is 6.42 Å². The number of aromatic hydroxyl groups is 2. The summed E-state index contributed by atoms with van der Waals surface area (Å²) in [6, 6.07) is 7.94. The van der Waals surface area contributed by atoms with Gasteiger partial charge in [0, 0.05) is 17.6 Å². The van der Waals surface area contributed by atoms with Crippen LogP contribution < -0.4 is 9.47 Å².